The van der Waals surface area contributed by atoms with Crippen LogP contribution < -0.4 is 15.9 Å². The average Bonchev–Trinajstić information content (AvgIpc) is 3.13. The van der Waals surface area contributed by atoms with E-state index < -0.39 is 21.5 Å². The van der Waals surface area contributed by atoms with Crippen LogP contribution in [0.1, 0.15) is 37.8 Å². The fraction of sp³-hybridized carbons (Fsp3) is 0.300. The molecule has 1 amide bonds. The van der Waals surface area contributed by atoms with E-state index in [4.69, 9.17) is 5.14 Å². The van der Waals surface area contributed by atoms with Gasteiger partial charge in [0.05, 0.1) is 4.90 Å². The van der Waals surface area contributed by atoms with Crippen molar-refractivity contribution in [2.75, 3.05) is 5.32 Å². The Balaban J connectivity index is 1.60. The Labute approximate surface area is 182 Å². The third kappa shape index (κ3) is 3.31. The van der Waals surface area contributed by atoms with Crippen molar-refractivity contribution in [1.29, 1.82) is 0 Å². The monoisotopic (exact) mass is 457 g/mol. The molecule has 1 spiro atoms. The molecule has 166 valence electrons. The molecular formula is C20H20FN7O3S. The summed E-state index contributed by atoms with van der Waals surface area (Å²) < 4.78 is 39.3. The Kier molecular flexibility index (Phi) is 4.71. The number of nitrogens with one attached hydrogen (secondary N) is 2. The first-order chi connectivity index (χ1) is 15.3. The van der Waals surface area contributed by atoms with Gasteiger partial charge in [-0.2, -0.15) is 9.37 Å². The van der Waals surface area contributed by atoms with Gasteiger partial charge in [-0.3, -0.25) is 4.79 Å². The van der Waals surface area contributed by atoms with Crippen molar-refractivity contribution in [2.45, 2.75) is 42.5 Å². The normalized spacial score (nSPS) is 18.1. The van der Waals surface area contributed by atoms with Crippen LogP contribution in [0.15, 0.2) is 46.5 Å². The minimum absolute atomic E-state index is 0.0173. The molecule has 1 saturated carbocycles. The van der Waals surface area contributed by atoms with E-state index in [2.05, 4.69) is 25.8 Å². The van der Waals surface area contributed by atoms with Gasteiger partial charge in [-0.15, -0.1) is 5.10 Å². The maximum atomic E-state index is 14.8. The number of amides is 1. The predicted octanol–water partition coefficient (Wildman–Crippen LogP) is 2.24. The number of nitrogens with two attached hydrogens (primary N) is 1. The number of sulfonamides is 1. The van der Waals surface area contributed by atoms with Crippen LogP contribution in [0.4, 0.5) is 16.0 Å². The van der Waals surface area contributed by atoms with E-state index in [1.165, 1.54) is 24.3 Å². The van der Waals surface area contributed by atoms with E-state index in [1.54, 1.807) is 16.8 Å². The minimum atomic E-state index is -3.80. The molecule has 1 aliphatic heterocycles. The lowest BCUT2D eigenvalue weighted by Gasteiger charge is -2.36. The van der Waals surface area contributed by atoms with Gasteiger partial charge in [0.15, 0.2) is 0 Å². The van der Waals surface area contributed by atoms with Crippen LogP contribution >= 0.6 is 0 Å². The second kappa shape index (κ2) is 7.35. The molecule has 12 heteroatoms. The van der Waals surface area contributed by atoms with Crippen molar-refractivity contribution >= 4 is 44.6 Å². The molecule has 2 aliphatic rings. The molecule has 5 rings (SSSR count). The standard InChI is InChI=1S/C20H20FN7O3S/c21-16-15-10-12-11-23-19(24-13-4-6-14(7-5-13)32(22,30)31)25-17(12)28(15)20(18(29)27-26-16)8-2-1-3-9-20/h4-7,10-11H,1-3,8-9H2,(H,27,29)(H2,22,30,31)(H,23,24,25). The second-order valence-corrected chi connectivity index (χ2v) is 9.53. The van der Waals surface area contributed by atoms with Crippen LogP contribution in [0.2, 0.25) is 0 Å². The molecule has 2 aromatic heterocycles. The molecule has 3 aromatic rings. The topological polar surface area (TPSA) is 144 Å². The lowest BCUT2D eigenvalue weighted by Crippen LogP contribution is -2.48. The van der Waals surface area contributed by atoms with Gasteiger partial charge in [-0.05, 0) is 43.2 Å². The lowest BCUT2D eigenvalue weighted by atomic mass is 9.80. The van der Waals surface area contributed by atoms with Gasteiger partial charge >= 0.3 is 0 Å². The first kappa shape index (κ1) is 20.5. The molecule has 0 unspecified atom stereocenters. The fourth-order valence-corrected chi connectivity index (χ4v) is 4.96. The Morgan fingerprint density at radius 1 is 1.16 bits per heavy atom. The molecule has 1 aliphatic carbocycles. The summed E-state index contributed by atoms with van der Waals surface area (Å²) in [5, 5.41) is 12.3. The molecule has 0 bridgehead atoms. The third-order valence-electron chi connectivity index (χ3n) is 5.98. The summed E-state index contributed by atoms with van der Waals surface area (Å²) in [5.41, 5.74) is 2.53. The van der Waals surface area contributed by atoms with E-state index in [1.807, 2.05) is 0 Å². The number of rotatable bonds is 3. The van der Waals surface area contributed by atoms with Crippen LogP contribution in [0.25, 0.3) is 11.0 Å². The number of hydrogen-bond donors (Lipinski definition) is 3. The number of primary sulfonamides is 1. The maximum Gasteiger partial charge on any atom is 0.266 e. The van der Waals surface area contributed by atoms with Crippen molar-refractivity contribution in [3.8, 4) is 0 Å². The SMILES string of the molecule is NS(=O)(=O)c1ccc(Nc2ncc3cc4n(c3n2)C2(CCCCC2)C(=O)NN=C4F)cc1. The number of carbonyl (C=O) groups excluding carboxylic acids is 1. The molecule has 0 saturated heterocycles. The Hall–Kier alpha value is -3.38. The summed E-state index contributed by atoms with van der Waals surface area (Å²) in [6.07, 6.45) is 5.33. The van der Waals surface area contributed by atoms with Crippen LogP contribution in [-0.2, 0) is 20.4 Å². The lowest BCUT2D eigenvalue weighted by molar-refractivity contribution is -0.131. The molecule has 0 radical (unpaired) electrons. The molecule has 32 heavy (non-hydrogen) atoms. The number of halogens is 1. The number of hydrazone groups is 1. The Bertz CT molecular complexity index is 1360. The number of hydrogen-bond acceptors (Lipinski definition) is 7. The zero-order valence-corrected chi connectivity index (χ0v) is 17.7. The molecule has 3 heterocycles. The smallest absolute Gasteiger partial charge is 0.266 e. The second-order valence-electron chi connectivity index (χ2n) is 7.97. The molecule has 0 atom stereocenters. The highest BCUT2D eigenvalue weighted by Gasteiger charge is 2.45. The van der Waals surface area contributed by atoms with Gasteiger partial charge in [0.25, 0.3) is 11.9 Å². The van der Waals surface area contributed by atoms with E-state index in [0.29, 0.717) is 29.6 Å². The molecule has 4 N–H and O–H groups in total. The number of carbonyl (C=O) groups is 1. The quantitative estimate of drug-likeness (QED) is 0.550. The minimum Gasteiger partial charge on any atom is -0.324 e. The zero-order valence-electron chi connectivity index (χ0n) is 16.9. The van der Waals surface area contributed by atoms with Gasteiger partial charge in [0.2, 0.25) is 16.0 Å². The number of aromatic nitrogens is 3. The Morgan fingerprint density at radius 3 is 2.56 bits per heavy atom. The summed E-state index contributed by atoms with van der Waals surface area (Å²) in [6, 6.07) is 7.40. The van der Waals surface area contributed by atoms with E-state index in [0.717, 1.165) is 19.3 Å². The largest absolute Gasteiger partial charge is 0.324 e. The first-order valence-corrected chi connectivity index (χ1v) is 11.7. The molecular weight excluding hydrogens is 437 g/mol. The van der Waals surface area contributed by atoms with Crippen molar-refractivity contribution in [3.63, 3.8) is 0 Å². The third-order valence-corrected chi connectivity index (χ3v) is 6.91. The number of benzene rings is 1. The average molecular weight is 457 g/mol. The van der Waals surface area contributed by atoms with Gasteiger partial charge in [-0.1, -0.05) is 19.3 Å². The highest BCUT2D eigenvalue weighted by Crippen LogP contribution is 2.40. The summed E-state index contributed by atoms with van der Waals surface area (Å²) in [4.78, 5) is 21.8. The zero-order chi connectivity index (χ0) is 22.5. The number of nitrogens with zero attached hydrogens (tertiary/aromatic N) is 4. The van der Waals surface area contributed by atoms with Crippen molar-refractivity contribution in [1.82, 2.24) is 20.0 Å². The summed E-state index contributed by atoms with van der Waals surface area (Å²) in [6.45, 7) is 0. The Morgan fingerprint density at radius 2 is 1.88 bits per heavy atom. The molecule has 10 nitrogen and oxygen atoms in total. The highest BCUT2D eigenvalue weighted by molar-refractivity contribution is 7.89. The van der Waals surface area contributed by atoms with Crippen molar-refractivity contribution in [2.24, 2.45) is 10.2 Å². The van der Waals surface area contributed by atoms with Gasteiger partial charge in [0.1, 0.15) is 16.9 Å². The fourth-order valence-electron chi connectivity index (χ4n) is 4.44. The number of fused-ring (bicyclic) bond motifs is 4. The highest BCUT2D eigenvalue weighted by atomic mass is 32.2. The van der Waals surface area contributed by atoms with Crippen molar-refractivity contribution in [3.05, 3.63) is 42.2 Å². The summed E-state index contributed by atoms with van der Waals surface area (Å²) in [7, 11) is -3.80. The van der Waals surface area contributed by atoms with E-state index in [-0.39, 0.29) is 22.4 Å². The summed E-state index contributed by atoms with van der Waals surface area (Å²) >= 11 is 0. The van der Waals surface area contributed by atoms with Gasteiger partial charge in [-0.25, -0.2) is 24.0 Å². The first-order valence-electron chi connectivity index (χ1n) is 10.1. The van der Waals surface area contributed by atoms with Gasteiger partial charge < -0.3 is 9.88 Å². The van der Waals surface area contributed by atoms with Crippen LogP contribution in [0, 0.1) is 0 Å². The van der Waals surface area contributed by atoms with Crippen LogP contribution in [0.3, 0.4) is 0 Å². The van der Waals surface area contributed by atoms with Crippen molar-refractivity contribution < 1.29 is 17.6 Å². The maximum absolute atomic E-state index is 14.8. The molecule has 1 fully saturated rings. The summed E-state index contributed by atoms with van der Waals surface area (Å²) in [5.74, 6) is -0.920. The predicted molar refractivity (Wildman–Crippen MR) is 115 cm³/mol. The number of anilines is 2. The molecule has 1 aromatic carbocycles. The van der Waals surface area contributed by atoms with E-state index in [9.17, 15) is 17.6 Å². The van der Waals surface area contributed by atoms with Crippen LogP contribution in [0.5, 0.6) is 0 Å². The van der Waals surface area contributed by atoms with Crippen LogP contribution in [-0.4, -0.2) is 34.8 Å². The van der Waals surface area contributed by atoms with Gasteiger partial charge in [0, 0.05) is 17.3 Å². The van der Waals surface area contributed by atoms with E-state index >= 15 is 0 Å².